The number of carboxylic acid groups (broad SMARTS) is 1. The van der Waals surface area contributed by atoms with Crippen molar-refractivity contribution in [2.24, 2.45) is 0 Å². The van der Waals surface area contributed by atoms with Crippen molar-refractivity contribution in [3.63, 3.8) is 0 Å². The van der Waals surface area contributed by atoms with Gasteiger partial charge in [-0.2, -0.15) is 0 Å². The van der Waals surface area contributed by atoms with Crippen LogP contribution in [0.2, 0.25) is 0 Å². The molecule has 0 aromatic heterocycles. The Kier molecular flexibility index (Phi) is 4.52. The second kappa shape index (κ2) is 5.56. The normalized spacial score (nSPS) is 22.5. The van der Waals surface area contributed by atoms with Crippen LogP contribution in [0.25, 0.3) is 0 Å². The number of rotatable bonds is 3. The molecule has 0 radical (unpaired) electrons. The summed E-state index contributed by atoms with van der Waals surface area (Å²) in [6.45, 7) is 7.06. The highest BCUT2D eigenvalue weighted by Crippen LogP contribution is 2.11. The maximum Gasteiger partial charge on any atom is 0.322 e. The summed E-state index contributed by atoms with van der Waals surface area (Å²) < 4.78 is 0. The minimum absolute atomic E-state index is 0.0152. The Morgan fingerprint density at radius 2 is 2.05 bits per heavy atom. The van der Waals surface area contributed by atoms with Crippen molar-refractivity contribution >= 4 is 17.8 Å². The molecular weight excluding hydrogens is 250 g/mol. The predicted octanol–water partition coefficient (Wildman–Crippen LogP) is -0.825. The van der Waals surface area contributed by atoms with Gasteiger partial charge >= 0.3 is 5.97 Å². The average molecular weight is 271 g/mol. The van der Waals surface area contributed by atoms with E-state index >= 15 is 0 Å². The van der Waals surface area contributed by atoms with E-state index in [9.17, 15) is 14.4 Å². The fourth-order valence-corrected chi connectivity index (χ4v) is 1.92. The SMILES string of the molecule is CC(C(=O)NC(C)(C)C)N1CC(=O)NCC1C(=O)O. The van der Waals surface area contributed by atoms with Crippen LogP contribution >= 0.6 is 0 Å². The molecule has 1 saturated heterocycles. The molecule has 2 atom stereocenters. The van der Waals surface area contributed by atoms with Gasteiger partial charge in [0, 0.05) is 12.1 Å². The zero-order chi connectivity index (χ0) is 14.8. The van der Waals surface area contributed by atoms with Gasteiger partial charge in [0.15, 0.2) is 0 Å². The number of carbonyl (C=O) groups excluding carboxylic acids is 2. The summed E-state index contributed by atoms with van der Waals surface area (Å²) in [7, 11) is 0. The number of nitrogens with zero attached hydrogens (tertiary/aromatic N) is 1. The summed E-state index contributed by atoms with van der Waals surface area (Å²) in [6.07, 6.45) is 0. The Labute approximate surface area is 112 Å². The van der Waals surface area contributed by atoms with Gasteiger partial charge < -0.3 is 15.7 Å². The lowest BCUT2D eigenvalue weighted by Gasteiger charge is -2.37. The summed E-state index contributed by atoms with van der Waals surface area (Å²) >= 11 is 0. The van der Waals surface area contributed by atoms with Gasteiger partial charge in [0.2, 0.25) is 11.8 Å². The Morgan fingerprint density at radius 3 is 2.53 bits per heavy atom. The van der Waals surface area contributed by atoms with Crippen molar-refractivity contribution in [3.05, 3.63) is 0 Å². The van der Waals surface area contributed by atoms with Gasteiger partial charge in [-0.1, -0.05) is 0 Å². The van der Waals surface area contributed by atoms with E-state index in [-0.39, 0.29) is 24.9 Å². The highest BCUT2D eigenvalue weighted by Gasteiger charge is 2.37. The molecule has 0 aliphatic carbocycles. The van der Waals surface area contributed by atoms with Crippen molar-refractivity contribution in [2.45, 2.75) is 45.3 Å². The van der Waals surface area contributed by atoms with Crippen LogP contribution in [0.5, 0.6) is 0 Å². The molecule has 108 valence electrons. The molecule has 0 bridgehead atoms. The lowest BCUT2D eigenvalue weighted by atomic mass is 10.1. The molecule has 3 N–H and O–H groups in total. The maximum absolute atomic E-state index is 12.1. The Bertz CT molecular complexity index is 389. The first kappa shape index (κ1) is 15.4. The van der Waals surface area contributed by atoms with E-state index in [4.69, 9.17) is 5.11 Å². The van der Waals surface area contributed by atoms with Crippen LogP contribution < -0.4 is 10.6 Å². The zero-order valence-electron chi connectivity index (χ0n) is 11.7. The molecule has 1 aliphatic heterocycles. The summed E-state index contributed by atoms with van der Waals surface area (Å²) in [5.41, 5.74) is -0.401. The van der Waals surface area contributed by atoms with Gasteiger partial charge in [0.1, 0.15) is 6.04 Å². The lowest BCUT2D eigenvalue weighted by molar-refractivity contribution is -0.148. The van der Waals surface area contributed by atoms with Crippen LogP contribution in [0.15, 0.2) is 0 Å². The molecule has 2 unspecified atom stereocenters. The van der Waals surface area contributed by atoms with Gasteiger partial charge in [-0.25, -0.2) is 0 Å². The summed E-state index contributed by atoms with van der Waals surface area (Å²) in [5, 5.41) is 14.4. The van der Waals surface area contributed by atoms with E-state index in [1.54, 1.807) is 6.92 Å². The molecule has 1 aliphatic rings. The number of hydrogen-bond donors (Lipinski definition) is 3. The number of carboxylic acids is 1. The zero-order valence-corrected chi connectivity index (χ0v) is 11.7. The average Bonchev–Trinajstić information content (AvgIpc) is 2.25. The molecule has 7 nitrogen and oxygen atoms in total. The van der Waals surface area contributed by atoms with E-state index in [2.05, 4.69) is 10.6 Å². The van der Waals surface area contributed by atoms with Gasteiger partial charge in [-0.15, -0.1) is 0 Å². The fraction of sp³-hybridized carbons (Fsp3) is 0.750. The standard InChI is InChI=1S/C12H21N3O4/c1-7(10(17)14-12(2,3)4)15-6-9(16)13-5-8(15)11(18)19/h7-8H,5-6H2,1-4H3,(H,13,16)(H,14,17)(H,18,19). The van der Waals surface area contributed by atoms with E-state index in [1.807, 2.05) is 20.8 Å². The Morgan fingerprint density at radius 1 is 1.47 bits per heavy atom. The first-order valence-electron chi connectivity index (χ1n) is 6.19. The number of aliphatic carboxylic acids is 1. The second-order valence-corrected chi connectivity index (χ2v) is 5.75. The molecule has 19 heavy (non-hydrogen) atoms. The quantitative estimate of drug-likeness (QED) is 0.622. The van der Waals surface area contributed by atoms with Crippen molar-refractivity contribution in [3.8, 4) is 0 Å². The number of carbonyl (C=O) groups is 3. The van der Waals surface area contributed by atoms with Crippen LogP contribution in [-0.2, 0) is 14.4 Å². The monoisotopic (exact) mass is 271 g/mol. The first-order chi connectivity index (χ1) is 8.61. The Balaban J connectivity index is 2.81. The molecule has 1 fully saturated rings. The highest BCUT2D eigenvalue weighted by molar-refractivity contribution is 5.87. The molecule has 0 aromatic carbocycles. The van der Waals surface area contributed by atoms with Crippen molar-refractivity contribution in [1.29, 1.82) is 0 Å². The van der Waals surface area contributed by atoms with Crippen LogP contribution in [-0.4, -0.2) is 58.5 Å². The lowest BCUT2D eigenvalue weighted by Crippen LogP contribution is -2.63. The second-order valence-electron chi connectivity index (χ2n) is 5.75. The third-order valence-electron chi connectivity index (χ3n) is 2.88. The first-order valence-corrected chi connectivity index (χ1v) is 6.19. The molecule has 2 amide bonds. The highest BCUT2D eigenvalue weighted by atomic mass is 16.4. The van der Waals surface area contributed by atoms with Crippen molar-refractivity contribution in [2.75, 3.05) is 13.1 Å². The third-order valence-corrected chi connectivity index (χ3v) is 2.88. The smallest absolute Gasteiger partial charge is 0.322 e. The minimum atomic E-state index is -1.05. The molecule has 7 heteroatoms. The van der Waals surface area contributed by atoms with E-state index < -0.39 is 23.6 Å². The summed E-state index contributed by atoms with van der Waals surface area (Å²) in [5.74, 6) is -1.60. The Hall–Kier alpha value is -1.63. The van der Waals surface area contributed by atoms with Crippen LogP contribution in [0.4, 0.5) is 0 Å². The van der Waals surface area contributed by atoms with E-state index in [0.717, 1.165) is 0 Å². The van der Waals surface area contributed by atoms with Gasteiger partial charge in [0.05, 0.1) is 12.6 Å². The predicted molar refractivity (Wildman–Crippen MR) is 68.5 cm³/mol. The fourth-order valence-electron chi connectivity index (χ4n) is 1.92. The van der Waals surface area contributed by atoms with Crippen molar-refractivity contribution < 1.29 is 19.5 Å². The minimum Gasteiger partial charge on any atom is -0.480 e. The van der Waals surface area contributed by atoms with Crippen LogP contribution in [0.1, 0.15) is 27.7 Å². The third kappa shape index (κ3) is 4.20. The van der Waals surface area contributed by atoms with Crippen molar-refractivity contribution in [1.82, 2.24) is 15.5 Å². The van der Waals surface area contributed by atoms with Crippen LogP contribution in [0.3, 0.4) is 0 Å². The van der Waals surface area contributed by atoms with Gasteiger partial charge in [-0.3, -0.25) is 19.3 Å². The number of hydrogen-bond acceptors (Lipinski definition) is 4. The molecule has 0 saturated carbocycles. The van der Waals surface area contributed by atoms with Gasteiger partial charge in [-0.05, 0) is 27.7 Å². The number of piperazine rings is 1. The maximum atomic E-state index is 12.1. The molecular formula is C12H21N3O4. The largest absolute Gasteiger partial charge is 0.480 e. The van der Waals surface area contributed by atoms with E-state index in [1.165, 1.54) is 4.90 Å². The van der Waals surface area contributed by atoms with E-state index in [0.29, 0.717) is 0 Å². The van der Waals surface area contributed by atoms with Gasteiger partial charge in [0.25, 0.3) is 0 Å². The summed E-state index contributed by atoms with van der Waals surface area (Å²) in [6, 6.07) is -1.55. The molecule has 0 aromatic rings. The summed E-state index contributed by atoms with van der Waals surface area (Å²) in [4.78, 5) is 36.0. The molecule has 1 heterocycles. The van der Waals surface area contributed by atoms with Crippen LogP contribution in [0, 0.1) is 0 Å². The number of nitrogens with one attached hydrogen (secondary N) is 2. The number of amides is 2. The molecule has 1 rings (SSSR count). The molecule has 0 spiro atoms. The topological polar surface area (TPSA) is 98.7 Å².